The Bertz CT molecular complexity index is 878. The van der Waals surface area contributed by atoms with Crippen molar-refractivity contribution in [1.29, 1.82) is 0 Å². The molecule has 1 aromatic heterocycles. The van der Waals surface area contributed by atoms with Gasteiger partial charge in [0.1, 0.15) is 5.75 Å². The van der Waals surface area contributed by atoms with Gasteiger partial charge in [-0.25, -0.2) is 0 Å². The fourth-order valence-electron chi connectivity index (χ4n) is 3.08. The van der Waals surface area contributed by atoms with Crippen LogP contribution in [0.3, 0.4) is 0 Å². The van der Waals surface area contributed by atoms with Crippen LogP contribution in [0.25, 0.3) is 0 Å². The van der Waals surface area contributed by atoms with E-state index < -0.39 is 0 Å². The number of unbranched alkanes of at least 4 members (excludes halogenated alkanes) is 1. The van der Waals surface area contributed by atoms with Crippen LogP contribution in [-0.4, -0.2) is 30.2 Å². The van der Waals surface area contributed by atoms with Crippen molar-refractivity contribution >= 4 is 29.9 Å². The summed E-state index contributed by atoms with van der Waals surface area (Å²) in [5, 5.41) is 6.69. The van der Waals surface area contributed by atoms with Crippen LogP contribution < -0.4 is 20.9 Å². The summed E-state index contributed by atoms with van der Waals surface area (Å²) in [6.07, 6.45) is 2.01. The predicted molar refractivity (Wildman–Crippen MR) is 135 cm³/mol. The Morgan fingerprint density at radius 2 is 1.90 bits per heavy atom. The van der Waals surface area contributed by atoms with Crippen LogP contribution in [0, 0.1) is 13.8 Å². The average molecular weight is 526 g/mol. The molecule has 0 aliphatic heterocycles. The Morgan fingerprint density at radius 3 is 2.57 bits per heavy atom. The lowest BCUT2D eigenvalue weighted by molar-refractivity contribution is 0.239. The van der Waals surface area contributed by atoms with Crippen molar-refractivity contribution in [3.05, 3.63) is 63.6 Å². The zero-order chi connectivity index (χ0) is 21.2. The van der Waals surface area contributed by atoms with Gasteiger partial charge in [0.05, 0.1) is 6.10 Å². The van der Waals surface area contributed by atoms with Gasteiger partial charge in [-0.2, -0.15) is 0 Å². The molecule has 7 heteroatoms. The van der Waals surface area contributed by atoms with E-state index in [4.69, 9.17) is 4.74 Å². The first-order valence-corrected chi connectivity index (χ1v) is 10.3. The number of halogens is 1. The van der Waals surface area contributed by atoms with Gasteiger partial charge in [-0.15, -0.1) is 24.0 Å². The molecule has 0 atom stereocenters. The minimum absolute atomic E-state index is 0. The van der Waals surface area contributed by atoms with Crippen LogP contribution >= 0.6 is 24.0 Å². The van der Waals surface area contributed by atoms with Crippen molar-refractivity contribution in [3.63, 3.8) is 0 Å². The van der Waals surface area contributed by atoms with E-state index in [1.54, 1.807) is 19.2 Å². The largest absolute Gasteiger partial charge is 0.491 e. The molecule has 0 bridgehead atoms. The molecule has 6 nitrogen and oxygen atoms in total. The monoisotopic (exact) mass is 526 g/mol. The first kappa shape index (κ1) is 26.0. The van der Waals surface area contributed by atoms with Crippen molar-refractivity contribution in [2.45, 2.75) is 59.7 Å². The minimum atomic E-state index is 0. The number of nitrogens with zero attached hydrogens (tertiary/aromatic N) is 2. The van der Waals surface area contributed by atoms with Crippen molar-refractivity contribution in [2.75, 3.05) is 13.6 Å². The SMILES string of the molecule is CN=C(NCCCCn1c(C)cccc1=O)NCc1ccc(C)cc1OC(C)C.I. The number of hydrogen-bond acceptors (Lipinski definition) is 3. The van der Waals surface area contributed by atoms with Crippen molar-refractivity contribution in [3.8, 4) is 5.75 Å². The number of rotatable bonds is 9. The molecule has 1 aromatic carbocycles. The number of aromatic nitrogens is 1. The van der Waals surface area contributed by atoms with Crippen LogP contribution in [0.2, 0.25) is 0 Å². The van der Waals surface area contributed by atoms with E-state index in [0.29, 0.717) is 6.54 Å². The predicted octanol–water partition coefficient (Wildman–Crippen LogP) is 4.02. The fourth-order valence-corrected chi connectivity index (χ4v) is 3.08. The Hall–Kier alpha value is -2.03. The van der Waals surface area contributed by atoms with Gasteiger partial charge in [0.25, 0.3) is 5.56 Å². The van der Waals surface area contributed by atoms with E-state index in [9.17, 15) is 4.79 Å². The molecular formula is C23H35IN4O2. The van der Waals surface area contributed by atoms with E-state index >= 15 is 0 Å². The number of nitrogens with one attached hydrogen (secondary N) is 2. The molecule has 2 rings (SSSR count). The summed E-state index contributed by atoms with van der Waals surface area (Å²) in [7, 11) is 1.77. The summed E-state index contributed by atoms with van der Waals surface area (Å²) in [5.41, 5.74) is 3.35. The maximum atomic E-state index is 11.9. The number of ether oxygens (including phenoxy) is 1. The molecule has 2 aromatic rings. The van der Waals surface area contributed by atoms with Gasteiger partial charge in [0.2, 0.25) is 0 Å². The Morgan fingerprint density at radius 1 is 1.13 bits per heavy atom. The summed E-state index contributed by atoms with van der Waals surface area (Å²) < 4.78 is 7.76. The van der Waals surface area contributed by atoms with E-state index in [-0.39, 0.29) is 35.6 Å². The van der Waals surface area contributed by atoms with Crippen molar-refractivity contribution < 1.29 is 4.74 Å². The number of guanidine groups is 1. The van der Waals surface area contributed by atoms with Crippen LogP contribution in [0.15, 0.2) is 46.2 Å². The molecule has 0 amide bonds. The third-order valence-electron chi connectivity index (χ3n) is 4.62. The maximum absolute atomic E-state index is 11.9. The highest BCUT2D eigenvalue weighted by Gasteiger charge is 2.07. The summed E-state index contributed by atoms with van der Waals surface area (Å²) in [5.74, 6) is 1.67. The first-order chi connectivity index (χ1) is 13.9. The summed E-state index contributed by atoms with van der Waals surface area (Å²) in [4.78, 5) is 16.2. The van der Waals surface area contributed by atoms with E-state index in [0.717, 1.165) is 48.9 Å². The zero-order valence-corrected chi connectivity index (χ0v) is 21.0. The Kier molecular flexibility index (Phi) is 11.5. The summed E-state index contributed by atoms with van der Waals surface area (Å²) in [6, 6.07) is 11.6. The van der Waals surface area contributed by atoms with Gasteiger partial charge in [-0.1, -0.05) is 18.2 Å². The number of aryl methyl sites for hydroxylation is 2. The summed E-state index contributed by atoms with van der Waals surface area (Å²) in [6.45, 7) is 10.3. The highest BCUT2D eigenvalue weighted by atomic mass is 127. The lowest BCUT2D eigenvalue weighted by Crippen LogP contribution is -2.37. The molecule has 0 saturated heterocycles. The third-order valence-corrected chi connectivity index (χ3v) is 4.62. The highest BCUT2D eigenvalue weighted by Crippen LogP contribution is 2.21. The second-order valence-corrected chi connectivity index (χ2v) is 7.49. The fraction of sp³-hybridized carbons (Fsp3) is 0.478. The molecule has 166 valence electrons. The van der Waals surface area contributed by atoms with E-state index in [1.807, 2.05) is 31.4 Å². The standard InChI is InChI=1S/C23H34N4O2.HI/c1-17(2)29-21-15-18(3)11-12-20(21)16-26-23(24-5)25-13-6-7-14-27-19(4)9-8-10-22(27)28;/h8-12,15,17H,6-7,13-14,16H2,1-5H3,(H2,24,25,26);1H. The van der Waals surface area contributed by atoms with Gasteiger partial charge >= 0.3 is 0 Å². The normalized spacial score (nSPS) is 11.2. The molecule has 0 unspecified atom stereocenters. The Balaban J connectivity index is 0.00000450. The van der Waals surface area contributed by atoms with Gasteiger partial charge in [-0.05, 0) is 58.2 Å². The number of pyridine rings is 1. The number of benzene rings is 1. The quantitative estimate of drug-likeness (QED) is 0.224. The maximum Gasteiger partial charge on any atom is 0.250 e. The average Bonchev–Trinajstić information content (AvgIpc) is 2.66. The molecular weight excluding hydrogens is 491 g/mol. The summed E-state index contributed by atoms with van der Waals surface area (Å²) >= 11 is 0. The number of aliphatic imine (C=N–C) groups is 1. The molecule has 2 N–H and O–H groups in total. The molecule has 0 fully saturated rings. The van der Waals surface area contributed by atoms with Gasteiger partial charge < -0.3 is 19.9 Å². The van der Waals surface area contributed by atoms with Gasteiger partial charge in [0.15, 0.2) is 5.96 Å². The van der Waals surface area contributed by atoms with Crippen molar-refractivity contribution in [1.82, 2.24) is 15.2 Å². The highest BCUT2D eigenvalue weighted by molar-refractivity contribution is 14.0. The van der Waals surface area contributed by atoms with Crippen molar-refractivity contribution in [2.24, 2.45) is 4.99 Å². The Labute approximate surface area is 197 Å². The molecule has 0 spiro atoms. The smallest absolute Gasteiger partial charge is 0.250 e. The van der Waals surface area contributed by atoms with Crippen LogP contribution in [0.5, 0.6) is 5.75 Å². The second kappa shape index (κ2) is 13.3. The first-order valence-electron chi connectivity index (χ1n) is 10.3. The molecule has 0 radical (unpaired) electrons. The topological polar surface area (TPSA) is 67.7 Å². The van der Waals surface area contributed by atoms with Crippen LogP contribution in [0.1, 0.15) is 43.5 Å². The molecule has 0 saturated carbocycles. The van der Waals surface area contributed by atoms with Gasteiger partial charge in [0, 0.05) is 44.0 Å². The zero-order valence-electron chi connectivity index (χ0n) is 18.7. The number of hydrogen-bond donors (Lipinski definition) is 2. The molecule has 0 aliphatic rings. The molecule has 1 heterocycles. The molecule has 0 aliphatic carbocycles. The molecule has 30 heavy (non-hydrogen) atoms. The van der Waals surface area contributed by atoms with Gasteiger partial charge in [-0.3, -0.25) is 9.79 Å². The lowest BCUT2D eigenvalue weighted by atomic mass is 10.1. The lowest BCUT2D eigenvalue weighted by Gasteiger charge is -2.17. The van der Waals surface area contributed by atoms with E-state index in [2.05, 4.69) is 40.7 Å². The van der Waals surface area contributed by atoms with Crippen LogP contribution in [0.4, 0.5) is 0 Å². The van der Waals surface area contributed by atoms with Crippen LogP contribution in [-0.2, 0) is 13.1 Å². The van der Waals surface area contributed by atoms with E-state index in [1.165, 1.54) is 5.56 Å². The second-order valence-electron chi connectivity index (χ2n) is 7.49. The minimum Gasteiger partial charge on any atom is -0.491 e. The third kappa shape index (κ3) is 8.38.